The predicted molar refractivity (Wildman–Crippen MR) is 163 cm³/mol. The Labute approximate surface area is 251 Å². The van der Waals surface area contributed by atoms with Crippen molar-refractivity contribution in [3.05, 3.63) is 71.9 Å². The van der Waals surface area contributed by atoms with Crippen LogP contribution in [-0.4, -0.2) is 76.7 Å². The highest BCUT2D eigenvalue weighted by molar-refractivity contribution is 5.92. The van der Waals surface area contributed by atoms with Crippen molar-refractivity contribution < 1.29 is 34.2 Å². The van der Waals surface area contributed by atoms with Crippen molar-refractivity contribution in [2.75, 3.05) is 13.7 Å². The van der Waals surface area contributed by atoms with Crippen LogP contribution in [0.15, 0.2) is 65.9 Å². The number of nitrogens with one attached hydrogen (secondary N) is 3. The zero-order valence-electron chi connectivity index (χ0n) is 25.3. The summed E-state index contributed by atoms with van der Waals surface area (Å²) in [5.74, 6) is -1.83. The summed E-state index contributed by atoms with van der Waals surface area (Å²) in [4.78, 5) is 47.6. The number of aromatic nitrogens is 1. The summed E-state index contributed by atoms with van der Waals surface area (Å²) in [6.45, 7) is 6.72. The smallest absolute Gasteiger partial charge is 0.328 e. The minimum absolute atomic E-state index is 0.151. The van der Waals surface area contributed by atoms with Crippen molar-refractivity contribution in [1.29, 1.82) is 0 Å². The van der Waals surface area contributed by atoms with Gasteiger partial charge in [0.15, 0.2) is 6.61 Å². The number of carbonyl (C=O) groups is 3. The van der Waals surface area contributed by atoms with Gasteiger partial charge in [-0.25, -0.2) is 4.79 Å². The monoisotopic (exact) mass is 594 g/mol. The maximum atomic E-state index is 13.5. The van der Waals surface area contributed by atoms with Gasteiger partial charge < -0.3 is 35.4 Å². The van der Waals surface area contributed by atoms with Gasteiger partial charge in [-0.1, -0.05) is 74.5 Å². The molecule has 232 valence electrons. The van der Waals surface area contributed by atoms with Crippen LogP contribution < -0.4 is 10.6 Å². The molecule has 0 fully saturated rings. The number of esters is 1. The molecule has 11 heteroatoms. The van der Waals surface area contributed by atoms with Crippen LogP contribution in [0.4, 0.5) is 0 Å². The molecule has 3 rings (SSSR count). The number of nitrogens with zero attached hydrogens (tertiary/aromatic N) is 1. The molecule has 5 N–H and O–H groups in total. The molecule has 2 amide bonds. The Morgan fingerprint density at radius 3 is 2.28 bits per heavy atom. The molecule has 0 saturated heterocycles. The summed E-state index contributed by atoms with van der Waals surface area (Å²) in [7, 11) is 1.25. The van der Waals surface area contributed by atoms with Crippen LogP contribution in [0.1, 0.15) is 45.2 Å². The number of aliphatic hydroxyl groups excluding tert-OH is 2. The number of ether oxygens (including phenoxy) is 1. The van der Waals surface area contributed by atoms with E-state index in [4.69, 9.17) is 9.57 Å². The lowest BCUT2D eigenvalue weighted by Crippen LogP contribution is -2.53. The highest BCUT2D eigenvalue weighted by atomic mass is 16.6. The van der Waals surface area contributed by atoms with Gasteiger partial charge in [0.25, 0.3) is 5.91 Å². The van der Waals surface area contributed by atoms with E-state index in [9.17, 15) is 24.6 Å². The summed E-state index contributed by atoms with van der Waals surface area (Å²) in [6.07, 6.45) is 0.102. The molecule has 43 heavy (non-hydrogen) atoms. The number of fused-ring (bicyclic) bond motifs is 1. The zero-order valence-corrected chi connectivity index (χ0v) is 25.3. The minimum atomic E-state index is -1.26. The van der Waals surface area contributed by atoms with Gasteiger partial charge in [0, 0.05) is 29.9 Å². The molecule has 0 bridgehead atoms. The maximum Gasteiger partial charge on any atom is 0.328 e. The van der Waals surface area contributed by atoms with Gasteiger partial charge in [-0.05, 0) is 36.0 Å². The predicted octanol–water partition coefficient (Wildman–Crippen LogP) is 2.65. The van der Waals surface area contributed by atoms with Gasteiger partial charge in [0.05, 0.1) is 18.9 Å². The molecule has 0 spiro atoms. The Bertz CT molecular complexity index is 1400. The number of rotatable bonds is 14. The molecule has 1 aromatic heterocycles. The molecule has 11 nitrogen and oxygen atoms in total. The second-order valence-corrected chi connectivity index (χ2v) is 11.7. The third-order valence-corrected chi connectivity index (χ3v) is 6.72. The zero-order chi connectivity index (χ0) is 31.6. The number of methoxy groups -OCH3 is 1. The molecule has 1 heterocycles. The molecule has 2 aromatic carbocycles. The van der Waals surface area contributed by atoms with E-state index in [1.165, 1.54) is 14.0 Å². The average Bonchev–Trinajstić information content (AvgIpc) is 3.37. The molecule has 0 aliphatic rings. The Morgan fingerprint density at radius 2 is 1.63 bits per heavy atom. The largest absolute Gasteiger partial charge is 0.467 e. The van der Waals surface area contributed by atoms with Crippen LogP contribution in [0.5, 0.6) is 0 Å². The molecular formula is C32H42N4O7. The lowest BCUT2D eigenvalue weighted by molar-refractivity contribution is -0.145. The lowest BCUT2D eigenvalue weighted by atomic mass is 9.87. The van der Waals surface area contributed by atoms with E-state index in [1.807, 2.05) is 75.4 Å². The van der Waals surface area contributed by atoms with Crippen molar-refractivity contribution in [1.82, 2.24) is 15.6 Å². The molecule has 0 aliphatic heterocycles. The van der Waals surface area contributed by atoms with Crippen molar-refractivity contribution >= 4 is 34.4 Å². The number of carbonyl (C=O) groups excluding carboxylic acids is 3. The van der Waals surface area contributed by atoms with E-state index in [0.29, 0.717) is 6.42 Å². The Balaban J connectivity index is 1.75. The normalized spacial score (nSPS) is 14.8. The molecular weight excluding hydrogens is 552 g/mol. The molecule has 0 saturated carbocycles. The Hall–Kier alpha value is -4.22. The van der Waals surface area contributed by atoms with Gasteiger partial charge in [-0.2, -0.15) is 0 Å². The Kier molecular flexibility index (Phi) is 11.8. The van der Waals surface area contributed by atoms with Gasteiger partial charge in [0.2, 0.25) is 5.91 Å². The number of aliphatic hydroxyl groups is 2. The highest BCUT2D eigenvalue weighted by Crippen LogP contribution is 2.22. The standard InChI is InChI=1S/C32H42N4O7/c1-20(37)29(39)27(17-32(2,3)4)36-43-19-28(38)34-25(15-21-11-7-6-8-12-21)30(40)35-26(31(41)42-5)16-22-18-33-24-14-10-9-13-23(22)24/h6-14,18,20,25-26,29,33,37,39H,15-17,19H2,1-5H3,(H,34,38)(H,35,40)/b36-27-/t20-,25+,26+,29+/m1/s1. The van der Waals surface area contributed by atoms with Gasteiger partial charge >= 0.3 is 5.97 Å². The number of hydrogen-bond acceptors (Lipinski definition) is 8. The summed E-state index contributed by atoms with van der Waals surface area (Å²) >= 11 is 0. The number of H-pyrrole nitrogens is 1. The van der Waals surface area contributed by atoms with Crippen LogP contribution in [0.25, 0.3) is 10.9 Å². The van der Waals surface area contributed by atoms with Crippen LogP contribution >= 0.6 is 0 Å². The van der Waals surface area contributed by atoms with Crippen LogP contribution in [-0.2, 0) is 36.8 Å². The molecule has 0 radical (unpaired) electrons. The lowest BCUT2D eigenvalue weighted by Gasteiger charge is -2.24. The molecule has 3 aromatic rings. The molecule has 4 atom stereocenters. The second kappa shape index (κ2) is 15.3. The van der Waals surface area contributed by atoms with Crippen LogP contribution in [0.3, 0.4) is 0 Å². The summed E-state index contributed by atoms with van der Waals surface area (Å²) in [5.41, 5.74) is 2.46. The van der Waals surface area contributed by atoms with Crippen molar-refractivity contribution in [2.45, 2.75) is 71.2 Å². The van der Waals surface area contributed by atoms with E-state index in [1.54, 1.807) is 6.20 Å². The highest BCUT2D eigenvalue weighted by Gasteiger charge is 2.29. The fourth-order valence-electron chi connectivity index (χ4n) is 4.61. The van der Waals surface area contributed by atoms with Crippen molar-refractivity contribution in [3.8, 4) is 0 Å². The van der Waals surface area contributed by atoms with E-state index in [2.05, 4.69) is 20.8 Å². The van der Waals surface area contributed by atoms with Crippen molar-refractivity contribution in [2.24, 2.45) is 10.6 Å². The maximum absolute atomic E-state index is 13.5. The van der Waals surface area contributed by atoms with E-state index < -0.39 is 48.7 Å². The minimum Gasteiger partial charge on any atom is -0.467 e. The number of benzene rings is 2. The first-order chi connectivity index (χ1) is 20.4. The van der Waals surface area contributed by atoms with Gasteiger partial charge in [-0.3, -0.25) is 9.59 Å². The first-order valence-corrected chi connectivity index (χ1v) is 14.2. The number of para-hydroxylation sites is 1. The van der Waals surface area contributed by atoms with Crippen LogP contribution in [0, 0.1) is 5.41 Å². The average molecular weight is 595 g/mol. The van der Waals surface area contributed by atoms with Crippen molar-refractivity contribution in [3.63, 3.8) is 0 Å². The first kappa shape index (κ1) is 33.3. The van der Waals surface area contributed by atoms with E-state index in [-0.39, 0.29) is 24.0 Å². The second-order valence-electron chi connectivity index (χ2n) is 11.7. The number of hydrogen-bond donors (Lipinski definition) is 5. The van der Waals surface area contributed by atoms with Crippen LogP contribution in [0.2, 0.25) is 0 Å². The number of amides is 2. The fourth-order valence-corrected chi connectivity index (χ4v) is 4.61. The quantitative estimate of drug-likeness (QED) is 0.109. The summed E-state index contributed by atoms with van der Waals surface area (Å²) in [6, 6.07) is 14.7. The SMILES string of the molecule is COC(=O)[C@H](Cc1c[nH]c2ccccc12)NC(=O)[C@H](Cc1ccccc1)NC(=O)CO/N=C(/CC(C)(C)C)[C@@H](O)[C@@H](C)O. The van der Waals surface area contributed by atoms with E-state index in [0.717, 1.165) is 22.0 Å². The molecule has 0 aliphatic carbocycles. The first-order valence-electron chi connectivity index (χ1n) is 14.2. The topological polar surface area (TPSA) is 162 Å². The number of aromatic amines is 1. The fraction of sp³-hybridized carbons (Fsp3) is 0.438. The van der Waals surface area contributed by atoms with E-state index >= 15 is 0 Å². The van der Waals surface area contributed by atoms with Gasteiger partial charge in [0.1, 0.15) is 18.2 Å². The third-order valence-electron chi connectivity index (χ3n) is 6.72. The Morgan fingerprint density at radius 1 is 0.953 bits per heavy atom. The van der Waals surface area contributed by atoms with Gasteiger partial charge in [-0.15, -0.1) is 0 Å². The third kappa shape index (κ3) is 10.2. The summed E-state index contributed by atoms with van der Waals surface area (Å²) in [5, 5.41) is 30.5. The number of oxime groups is 1. The molecule has 0 unspecified atom stereocenters. The summed E-state index contributed by atoms with van der Waals surface area (Å²) < 4.78 is 4.98.